The zero-order valence-corrected chi connectivity index (χ0v) is 31.5. The maximum absolute atomic E-state index is 14.8. The van der Waals surface area contributed by atoms with Crippen molar-refractivity contribution >= 4 is 49.0 Å². The number of benzene rings is 4. The first-order valence-electron chi connectivity index (χ1n) is 17.3. The maximum Gasteiger partial charge on any atom is 0.264 e. The second-order valence-corrected chi connectivity index (χ2v) is 18.4. The predicted octanol–water partition coefficient (Wildman–Crippen LogP) is 6.36. The van der Waals surface area contributed by atoms with Gasteiger partial charge >= 0.3 is 0 Å². The quantitative estimate of drug-likeness (QED) is 0.144. The number of ether oxygens (including phenoxy) is 2. The third kappa shape index (κ3) is 7.37. The van der Waals surface area contributed by atoms with E-state index in [1.165, 1.54) is 0 Å². The fourth-order valence-corrected chi connectivity index (χ4v) is 10.5. The topological polar surface area (TPSA) is 129 Å². The van der Waals surface area contributed by atoms with E-state index in [9.17, 15) is 24.3 Å². The van der Waals surface area contributed by atoms with E-state index >= 15 is 0 Å². The number of carbonyl (C=O) groups is 3. The fourth-order valence-electron chi connectivity index (χ4n) is 7.75. The third-order valence-corrected chi connectivity index (χ3v) is 12.9. The van der Waals surface area contributed by atoms with Crippen LogP contribution in [0.25, 0.3) is 0 Å². The molecule has 4 aromatic rings. The smallest absolute Gasteiger partial charge is 0.264 e. The van der Waals surface area contributed by atoms with Gasteiger partial charge in [-0.1, -0.05) is 61.0 Å². The Morgan fingerprint density at radius 2 is 1.69 bits per heavy atom. The highest BCUT2D eigenvalue weighted by Crippen LogP contribution is 2.60. The van der Waals surface area contributed by atoms with Crippen molar-refractivity contribution in [3.05, 3.63) is 124 Å². The molecule has 1 saturated heterocycles. The minimum atomic E-state index is -3.04. The number of hydrogen-bond acceptors (Lipinski definition) is 7. The zero-order chi connectivity index (χ0) is 37.2. The number of rotatable bonds is 12. The Morgan fingerprint density at radius 3 is 2.33 bits per heavy atom. The van der Waals surface area contributed by atoms with Crippen LogP contribution in [-0.2, 0) is 33.0 Å². The first-order chi connectivity index (χ1) is 24.8. The predicted molar refractivity (Wildman–Crippen MR) is 203 cm³/mol. The molecule has 52 heavy (non-hydrogen) atoms. The van der Waals surface area contributed by atoms with Crippen molar-refractivity contribution < 1.29 is 33.8 Å². The zero-order valence-electron chi connectivity index (χ0n) is 29.7. The number of aliphatic hydroxyl groups excluding tert-OH is 1. The van der Waals surface area contributed by atoms with E-state index in [1.54, 1.807) is 65.4 Å². The van der Waals surface area contributed by atoms with Gasteiger partial charge < -0.3 is 34.5 Å². The molecule has 2 aliphatic rings. The van der Waals surface area contributed by atoms with Crippen LogP contribution >= 0.6 is 11.6 Å². The van der Waals surface area contributed by atoms with Gasteiger partial charge in [0, 0.05) is 46.4 Å². The monoisotopic (exact) mass is 741 g/mol. The number of nitrogens with one attached hydrogen (secondary N) is 1. The van der Waals surface area contributed by atoms with Crippen LogP contribution in [0.5, 0.6) is 5.75 Å². The third-order valence-electron chi connectivity index (χ3n) is 10.2. The molecule has 4 atom stereocenters. The molecule has 1 fully saturated rings. The summed E-state index contributed by atoms with van der Waals surface area (Å²) in [5.74, 6) is -0.608. The van der Waals surface area contributed by atoms with E-state index in [0.717, 1.165) is 11.1 Å². The van der Waals surface area contributed by atoms with Crippen LogP contribution < -0.4 is 15.0 Å². The van der Waals surface area contributed by atoms with Gasteiger partial charge in [0.25, 0.3) is 11.8 Å². The summed E-state index contributed by atoms with van der Waals surface area (Å²) in [6.45, 7) is 6.01. The van der Waals surface area contributed by atoms with Crippen molar-refractivity contribution in [2.45, 2.75) is 56.8 Å². The number of methoxy groups -OCH3 is 1. The lowest BCUT2D eigenvalue weighted by molar-refractivity contribution is -0.150. The highest BCUT2D eigenvalue weighted by Gasteiger charge is 2.66. The lowest BCUT2D eigenvalue weighted by atomic mass is 9.82. The van der Waals surface area contributed by atoms with Crippen LogP contribution in [0, 0.1) is 5.92 Å². The summed E-state index contributed by atoms with van der Waals surface area (Å²) in [5, 5.41) is 13.1. The number of aliphatic hydroxyl groups is 1. The number of fused-ring (bicyclic) bond motifs is 2. The van der Waals surface area contributed by atoms with E-state index in [2.05, 4.69) is 5.32 Å². The maximum atomic E-state index is 14.8. The molecule has 10 nitrogen and oxygen atoms in total. The average Bonchev–Trinajstić information content (AvgIpc) is 3.54. The van der Waals surface area contributed by atoms with Crippen LogP contribution in [-0.4, -0.2) is 67.2 Å². The number of nitrogens with zero attached hydrogens (tertiary/aromatic N) is 2. The Hall–Kier alpha value is -4.52. The van der Waals surface area contributed by atoms with E-state index in [-0.39, 0.29) is 43.8 Å². The SMILES string of the molecule is COc1ccc(C(=O)Nc2ccc(CN3C(=O)[C@]4(O[C@H](CC(=O)N(CCO)Cc5ccccc5)[C@@H]([Si](C)(C)O)[C@@H]4C)c4cc(Cl)ccc43)cc2)cc1. The molecule has 6 rings (SSSR count). The Labute approximate surface area is 310 Å². The van der Waals surface area contributed by atoms with Gasteiger partial charge in [-0.15, -0.1) is 0 Å². The Kier molecular flexibility index (Phi) is 10.9. The molecule has 0 aliphatic carbocycles. The van der Waals surface area contributed by atoms with Gasteiger partial charge in [-0.05, 0) is 78.8 Å². The number of hydrogen-bond donors (Lipinski definition) is 3. The van der Waals surface area contributed by atoms with Crippen LogP contribution in [0.3, 0.4) is 0 Å². The number of carbonyl (C=O) groups excluding carboxylic acids is 3. The van der Waals surface area contributed by atoms with Crippen molar-refractivity contribution in [2.75, 3.05) is 30.5 Å². The van der Waals surface area contributed by atoms with E-state index < -0.39 is 31.5 Å². The largest absolute Gasteiger partial charge is 0.497 e. The number of anilines is 2. The van der Waals surface area contributed by atoms with E-state index in [4.69, 9.17) is 21.1 Å². The standard InChI is InChI=1S/C40H44ClN3O7Si/c1-26-37(52(3,4)49)35(23-36(46)43(20-21-45)24-27-8-6-5-7-9-27)51-40(26)33-22-30(41)14-19-34(33)44(39(40)48)25-28-10-15-31(16-11-28)42-38(47)29-12-17-32(50-2)18-13-29/h5-19,22,26,35,37,45,49H,20-21,23-25H2,1-4H3,(H,42,47)/t26-,35+,37-,40+/m0/s1. The molecule has 0 aromatic heterocycles. The summed E-state index contributed by atoms with van der Waals surface area (Å²) in [5.41, 5.74) is 2.14. The average molecular weight is 742 g/mol. The summed E-state index contributed by atoms with van der Waals surface area (Å²) in [6, 6.07) is 28.9. The normalized spacial score (nSPS) is 20.9. The van der Waals surface area contributed by atoms with E-state index in [1.807, 2.05) is 68.5 Å². The molecular formula is C40H44ClN3O7Si. The first-order valence-corrected chi connectivity index (χ1v) is 20.7. The molecule has 12 heteroatoms. The summed E-state index contributed by atoms with van der Waals surface area (Å²) in [6.07, 6.45) is -0.816. The van der Waals surface area contributed by atoms with Crippen LogP contribution in [0.2, 0.25) is 23.7 Å². The molecule has 1 spiro atoms. The lowest BCUT2D eigenvalue weighted by Crippen LogP contribution is -2.46. The Bertz CT molecular complexity index is 1920. The van der Waals surface area contributed by atoms with Crippen LogP contribution in [0.1, 0.15) is 40.4 Å². The highest BCUT2D eigenvalue weighted by atomic mass is 35.5. The molecule has 4 aromatic carbocycles. The molecular weight excluding hydrogens is 698 g/mol. The van der Waals surface area contributed by atoms with Crippen LogP contribution in [0.4, 0.5) is 11.4 Å². The fraction of sp³-hybridized carbons (Fsp3) is 0.325. The van der Waals surface area contributed by atoms with E-state index in [0.29, 0.717) is 39.8 Å². The molecule has 0 saturated carbocycles. The molecule has 272 valence electrons. The minimum Gasteiger partial charge on any atom is -0.497 e. The molecule has 3 N–H and O–H groups in total. The molecule has 0 bridgehead atoms. The second-order valence-electron chi connectivity index (χ2n) is 14.0. The van der Waals surface area contributed by atoms with Gasteiger partial charge in [0.05, 0.1) is 38.5 Å². The van der Waals surface area contributed by atoms with Crippen molar-refractivity contribution in [2.24, 2.45) is 5.92 Å². The van der Waals surface area contributed by atoms with Crippen molar-refractivity contribution in [3.8, 4) is 5.75 Å². The van der Waals surface area contributed by atoms with Gasteiger partial charge in [0.15, 0.2) is 13.9 Å². The highest BCUT2D eigenvalue weighted by molar-refractivity contribution is 6.71. The molecule has 3 amide bonds. The molecule has 0 radical (unpaired) electrons. The number of amides is 3. The molecule has 2 heterocycles. The molecule has 0 unspecified atom stereocenters. The molecule has 2 aliphatic heterocycles. The van der Waals surface area contributed by atoms with Crippen LogP contribution in [0.15, 0.2) is 97.1 Å². The second kappa shape index (κ2) is 15.2. The van der Waals surface area contributed by atoms with Gasteiger partial charge in [0.1, 0.15) is 5.75 Å². The van der Waals surface area contributed by atoms with Gasteiger partial charge in [-0.3, -0.25) is 14.4 Å². The minimum absolute atomic E-state index is 0.0620. The van der Waals surface area contributed by atoms with Crippen molar-refractivity contribution in [1.82, 2.24) is 4.90 Å². The lowest BCUT2D eigenvalue weighted by Gasteiger charge is -2.32. The van der Waals surface area contributed by atoms with Gasteiger partial charge in [0.2, 0.25) is 5.91 Å². The first kappa shape index (κ1) is 37.2. The summed E-state index contributed by atoms with van der Waals surface area (Å²) < 4.78 is 12.0. The van der Waals surface area contributed by atoms with Crippen molar-refractivity contribution in [3.63, 3.8) is 0 Å². The van der Waals surface area contributed by atoms with Crippen molar-refractivity contribution in [1.29, 1.82) is 0 Å². The summed E-state index contributed by atoms with van der Waals surface area (Å²) in [7, 11) is -1.47. The van der Waals surface area contributed by atoms with Gasteiger partial charge in [-0.25, -0.2) is 0 Å². The Morgan fingerprint density at radius 1 is 1.00 bits per heavy atom. The Balaban J connectivity index is 1.25. The van der Waals surface area contributed by atoms with Gasteiger partial charge in [-0.2, -0.15) is 0 Å². The number of halogens is 1. The summed E-state index contributed by atoms with van der Waals surface area (Å²) >= 11 is 6.56. The summed E-state index contributed by atoms with van der Waals surface area (Å²) in [4.78, 5) is 56.5.